The molecule has 0 bridgehead atoms. The Kier molecular flexibility index (Phi) is 3.06. The molecule has 2 rings (SSSR count). The van der Waals surface area contributed by atoms with Crippen LogP contribution < -0.4 is 5.32 Å². The molecular formula is C9H14N2O3S. The van der Waals surface area contributed by atoms with Crippen LogP contribution in [-0.2, 0) is 16.4 Å². The highest BCUT2D eigenvalue weighted by molar-refractivity contribution is 7.91. The van der Waals surface area contributed by atoms with E-state index in [2.05, 4.69) is 10.5 Å². The molecule has 0 spiro atoms. The minimum Gasteiger partial charge on any atom is -0.364 e. The quantitative estimate of drug-likeness (QED) is 0.810. The van der Waals surface area contributed by atoms with Crippen LogP contribution in [0.4, 0.5) is 0 Å². The first kappa shape index (κ1) is 10.6. The van der Waals surface area contributed by atoms with E-state index in [0.29, 0.717) is 30.9 Å². The number of nitrogens with zero attached hydrogens (tertiary/aromatic N) is 1. The minimum atomic E-state index is -2.76. The molecule has 0 saturated carbocycles. The Hall–Kier alpha value is -0.880. The van der Waals surface area contributed by atoms with Gasteiger partial charge in [0, 0.05) is 18.7 Å². The topological polar surface area (TPSA) is 72.2 Å². The van der Waals surface area contributed by atoms with Gasteiger partial charge in [-0.2, -0.15) is 0 Å². The smallest absolute Gasteiger partial charge is 0.150 e. The van der Waals surface area contributed by atoms with Crippen molar-refractivity contribution in [1.82, 2.24) is 10.5 Å². The van der Waals surface area contributed by atoms with Gasteiger partial charge in [-0.05, 0) is 12.8 Å². The number of hydrogen-bond donors (Lipinski definition) is 1. The highest BCUT2D eigenvalue weighted by Gasteiger charge is 2.22. The fourth-order valence-corrected chi connectivity index (χ4v) is 3.16. The van der Waals surface area contributed by atoms with Gasteiger partial charge in [0.2, 0.25) is 0 Å². The standard InChI is InChI=1S/C9H14N2O3S/c12-15(13)5-2-8(3-6-15)10-7-9-1-4-14-11-9/h1,4,8,10H,2-3,5-7H2. The molecule has 0 aliphatic carbocycles. The SMILES string of the molecule is O=S1(=O)CCC(NCc2ccon2)CC1. The van der Waals surface area contributed by atoms with Crippen molar-refractivity contribution in [1.29, 1.82) is 0 Å². The Morgan fingerprint density at radius 2 is 2.20 bits per heavy atom. The van der Waals surface area contributed by atoms with Gasteiger partial charge in [0.15, 0.2) is 0 Å². The number of aromatic nitrogens is 1. The summed E-state index contributed by atoms with van der Waals surface area (Å²) in [5.41, 5.74) is 0.850. The zero-order valence-electron chi connectivity index (χ0n) is 8.35. The van der Waals surface area contributed by atoms with E-state index in [1.165, 1.54) is 6.26 Å². The van der Waals surface area contributed by atoms with Crippen molar-refractivity contribution >= 4 is 9.84 Å². The third-order valence-corrected chi connectivity index (χ3v) is 4.33. The van der Waals surface area contributed by atoms with Gasteiger partial charge in [-0.15, -0.1) is 0 Å². The maximum absolute atomic E-state index is 11.2. The predicted octanol–water partition coefficient (Wildman–Crippen LogP) is 0.341. The summed E-state index contributed by atoms with van der Waals surface area (Å²) >= 11 is 0. The van der Waals surface area contributed by atoms with E-state index < -0.39 is 9.84 Å². The van der Waals surface area contributed by atoms with Crippen LogP contribution in [0.25, 0.3) is 0 Å². The summed E-state index contributed by atoms with van der Waals surface area (Å²) in [5, 5.41) is 7.05. The lowest BCUT2D eigenvalue weighted by atomic mass is 10.1. The summed E-state index contributed by atoms with van der Waals surface area (Å²) in [4.78, 5) is 0. The Bertz CT molecular complexity index is 385. The lowest BCUT2D eigenvalue weighted by Gasteiger charge is -2.22. The third kappa shape index (κ3) is 3.04. The lowest BCUT2D eigenvalue weighted by molar-refractivity contribution is 0.400. The average Bonchev–Trinajstić information content (AvgIpc) is 2.69. The summed E-state index contributed by atoms with van der Waals surface area (Å²) in [7, 11) is -2.76. The van der Waals surface area contributed by atoms with E-state index in [4.69, 9.17) is 4.52 Å². The Morgan fingerprint density at radius 3 is 2.80 bits per heavy atom. The molecule has 5 nitrogen and oxygen atoms in total. The molecule has 0 atom stereocenters. The first-order valence-electron chi connectivity index (χ1n) is 4.99. The Balaban J connectivity index is 1.78. The summed E-state index contributed by atoms with van der Waals surface area (Å²) in [5.74, 6) is 0.590. The molecule has 0 aromatic carbocycles. The van der Waals surface area contributed by atoms with Crippen molar-refractivity contribution in [3.63, 3.8) is 0 Å². The van der Waals surface area contributed by atoms with E-state index in [-0.39, 0.29) is 6.04 Å². The average molecular weight is 230 g/mol. The first-order valence-corrected chi connectivity index (χ1v) is 6.81. The first-order chi connectivity index (χ1) is 7.16. The predicted molar refractivity (Wildman–Crippen MR) is 55.0 cm³/mol. The normalized spacial score (nSPS) is 21.6. The summed E-state index contributed by atoms with van der Waals surface area (Å²) in [6, 6.07) is 2.08. The maximum atomic E-state index is 11.2. The summed E-state index contributed by atoms with van der Waals surface area (Å²) in [6.45, 7) is 0.640. The molecule has 1 aliphatic rings. The number of sulfone groups is 1. The molecule has 1 aromatic heterocycles. The van der Waals surface area contributed by atoms with Gasteiger partial charge in [-0.1, -0.05) is 5.16 Å². The molecule has 15 heavy (non-hydrogen) atoms. The van der Waals surface area contributed by atoms with E-state index >= 15 is 0 Å². The second kappa shape index (κ2) is 4.32. The van der Waals surface area contributed by atoms with Crippen LogP contribution in [0, 0.1) is 0 Å². The van der Waals surface area contributed by atoms with Crippen molar-refractivity contribution in [2.45, 2.75) is 25.4 Å². The van der Waals surface area contributed by atoms with E-state index in [0.717, 1.165) is 5.69 Å². The second-order valence-corrected chi connectivity index (χ2v) is 6.10. The van der Waals surface area contributed by atoms with E-state index in [9.17, 15) is 8.42 Å². The molecular weight excluding hydrogens is 216 g/mol. The minimum absolute atomic E-state index is 0.283. The van der Waals surface area contributed by atoms with Crippen LogP contribution >= 0.6 is 0 Å². The van der Waals surface area contributed by atoms with Crippen molar-refractivity contribution in [2.24, 2.45) is 0 Å². The van der Waals surface area contributed by atoms with Crippen LogP contribution in [0.1, 0.15) is 18.5 Å². The van der Waals surface area contributed by atoms with Gasteiger partial charge in [0.25, 0.3) is 0 Å². The van der Waals surface area contributed by atoms with Crippen LogP contribution in [-0.4, -0.2) is 31.1 Å². The highest BCUT2D eigenvalue weighted by atomic mass is 32.2. The Labute approximate surface area is 88.8 Å². The van der Waals surface area contributed by atoms with Crippen LogP contribution in [0.15, 0.2) is 16.9 Å². The summed E-state index contributed by atoms with van der Waals surface area (Å²) in [6.07, 6.45) is 2.92. The van der Waals surface area contributed by atoms with Crippen LogP contribution in [0.3, 0.4) is 0 Å². The van der Waals surface area contributed by atoms with Crippen molar-refractivity contribution in [2.75, 3.05) is 11.5 Å². The molecule has 0 radical (unpaired) electrons. The number of rotatable bonds is 3. The molecule has 1 saturated heterocycles. The monoisotopic (exact) mass is 230 g/mol. The summed E-state index contributed by atoms with van der Waals surface area (Å²) < 4.78 is 27.0. The molecule has 0 unspecified atom stereocenters. The number of hydrogen-bond acceptors (Lipinski definition) is 5. The van der Waals surface area contributed by atoms with Gasteiger partial charge in [0.1, 0.15) is 16.1 Å². The van der Waals surface area contributed by atoms with Gasteiger partial charge < -0.3 is 9.84 Å². The molecule has 1 aromatic rings. The van der Waals surface area contributed by atoms with Crippen molar-refractivity contribution in [3.8, 4) is 0 Å². The molecule has 1 fully saturated rings. The highest BCUT2D eigenvalue weighted by Crippen LogP contribution is 2.12. The van der Waals surface area contributed by atoms with Gasteiger partial charge in [-0.25, -0.2) is 8.42 Å². The van der Waals surface area contributed by atoms with Gasteiger partial charge >= 0.3 is 0 Å². The number of nitrogens with one attached hydrogen (secondary N) is 1. The van der Waals surface area contributed by atoms with E-state index in [1.54, 1.807) is 6.07 Å². The molecule has 1 N–H and O–H groups in total. The van der Waals surface area contributed by atoms with E-state index in [1.807, 2.05) is 0 Å². The third-order valence-electron chi connectivity index (χ3n) is 2.62. The fraction of sp³-hybridized carbons (Fsp3) is 0.667. The van der Waals surface area contributed by atoms with Crippen LogP contribution in [0.5, 0.6) is 0 Å². The molecule has 6 heteroatoms. The zero-order chi connectivity index (χ0) is 10.7. The molecule has 0 amide bonds. The van der Waals surface area contributed by atoms with Gasteiger partial charge in [-0.3, -0.25) is 0 Å². The van der Waals surface area contributed by atoms with Crippen molar-refractivity contribution < 1.29 is 12.9 Å². The molecule has 1 aliphatic heterocycles. The zero-order valence-corrected chi connectivity index (χ0v) is 9.16. The van der Waals surface area contributed by atoms with Gasteiger partial charge in [0.05, 0.1) is 17.2 Å². The lowest BCUT2D eigenvalue weighted by Crippen LogP contribution is -2.37. The largest absolute Gasteiger partial charge is 0.364 e. The molecule has 84 valence electrons. The van der Waals surface area contributed by atoms with Crippen LogP contribution in [0.2, 0.25) is 0 Å². The second-order valence-electron chi connectivity index (χ2n) is 3.80. The molecule has 2 heterocycles. The van der Waals surface area contributed by atoms with Crippen molar-refractivity contribution in [3.05, 3.63) is 18.0 Å². The fourth-order valence-electron chi connectivity index (χ4n) is 1.67. The maximum Gasteiger partial charge on any atom is 0.150 e. The Morgan fingerprint density at radius 1 is 1.47 bits per heavy atom.